The fraction of sp³-hybridized carbons (Fsp3) is 0.556. The van der Waals surface area contributed by atoms with Gasteiger partial charge in [0.05, 0.1) is 47.4 Å². The van der Waals surface area contributed by atoms with Crippen LogP contribution in [0.15, 0.2) is 42.6 Å². The first-order valence-electron chi connectivity index (χ1n) is 21.0. The summed E-state index contributed by atoms with van der Waals surface area (Å²) in [4.78, 5) is 36.8. The monoisotopic (exact) mass is 786 g/mol. The van der Waals surface area contributed by atoms with Gasteiger partial charge in [0.1, 0.15) is 5.82 Å². The molecule has 1 unspecified atom stereocenters. The highest BCUT2D eigenvalue weighted by molar-refractivity contribution is 5.95. The van der Waals surface area contributed by atoms with Crippen molar-refractivity contribution in [1.29, 1.82) is 0 Å². The Kier molecular flexibility index (Phi) is 16.0. The number of nitrogens with one attached hydrogen (secondary N) is 2. The van der Waals surface area contributed by atoms with Gasteiger partial charge in [0, 0.05) is 79.9 Å². The minimum absolute atomic E-state index is 0.244. The Balaban J connectivity index is 0.00000305. The third-order valence-corrected chi connectivity index (χ3v) is 11.2. The number of amides is 1. The van der Waals surface area contributed by atoms with Crippen LogP contribution >= 0.6 is 0 Å². The molecule has 4 aromatic rings. The molecule has 6 rings (SSSR count). The summed E-state index contributed by atoms with van der Waals surface area (Å²) >= 11 is 0. The van der Waals surface area contributed by atoms with E-state index in [0.29, 0.717) is 38.0 Å². The number of nitrogens with zero attached hydrogens (tertiary/aromatic N) is 5. The number of unbranched alkanes of at least 4 members (excludes halogenated alkanes) is 3. The lowest BCUT2D eigenvalue weighted by Gasteiger charge is -2.36. The zero-order valence-electron chi connectivity index (χ0n) is 35.2. The first-order chi connectivity index (χ1) is 27.7. The minimum Gasteiger partial charge on any atom is -0.467 e. The second-order valence-corrected chi connectivity index (χ2v) is 15.8. The number of hydrazine groups is 1. The van der Waals surface area contributed by atoms with Gasteiger partial charge in [-0.2, -0.15) is 0 Å². The van der Waals surface area contributed by atoms with Gasteiger partial charge in [-0.25, -0.2) is 14.8 Å². The number of rotatable bonds is 21. The molecular weight excluding hydrogens is 722 g/mol. The van der Waals surface area contributed by atoms with Gasteiger partial charge in [0.2, 0.25) is 6.41 Å². The molecule has 1 aliphatic carbocycles. The van der Waals surface area contributed by atoms with Crippen LogP contribution < -0.4 is 15.8 Å². The Labute approximate surface area is 338 Å². The van der Waals surface area contributed by atoms with Crippen LogP contribution in [0.3, 0.4) is 0 Å². The van der Waals surface area contributed by atoms with Gasteiger partial charge in [-0.1, -0.05) is 46.6 Å². The number of halogens is 1. The van der Waals surface area contributed by atoms with Gasteiger partial charge < -0.3 is 18.9 Å². The first-order valence-corrected chi connectivity index (χ1v) is 21.0. The summed E-state index contributed by atoms with van der Waals surface area (Å²) in [6.45, 7) is 18.7. The Bertz CT molecular complexity index is 1920. The number of benzene rings is 1. The zero-order valence-corrected chi connectivity index (χ0v) is 35.2. The van der Waals surface area contributed by atoms with Crippen LogP contribution in [0.25, 0.3) is 33.4 Å². The van der Waals surface area contributed by atoms with Crippen molar-refractivity contribution in [3.63, 3.8) is 0 Å². The fourth-order valence-electron chi connectivity index (χ4n) is 8.03. The number of hydrogen-bond donors (Lipinski definition) is 2. The van der Waals surface area contributed by atoms with Crippen LogP contribution in [0.5, 0.6) is 0 Å². The number of aromatic nitrogens is 3. The number of carbonyl (C=O) groups excluding carboxylic acids is 2. The van der Waals surface area contributed by atoms with E-state index in [2.05, 4.69) is 70.3 Å². The smallest absolute Gasteiger partial charge is 0.293 e. The van der Waals surface area contributed by atoms with E-state index in [4.69, 9.17) is 19.4 Å². The maximum atomic E-state index is 15.1. The van der Waals surface area contributed by atoms with Crippen LogP contribution in [0, 0.1) is 11.2 Å². The number of carbonyl (C=O) groups is 2. The Morgan fingerprint density at radius 2 is 1.77 bits per heavy atom. The first kappa shape index (κ1) is 43.7. The predicted molar refractivity (Wildman–Crippen MR) is 226 cm³/mol. The highest BCUT2D eigenvalue weighted by Crippen LogP contribution is 2.43. The van der Waals surface area contributed by atoms with Crippen molar-refractivity contribution >= 4 is 29.5 Å². The summed E-state index contributed by atoms with van der Waals surface area (Å²) in [5, 5.41) is 1.08. The van der Waals surface area contributed by atoms with Crippen LogP contribution in [-0.2, 0) is 38.4 Å². The standard InChI is InChI=1S/C43H58FN7O4.C2H6/c1-6-51-40-17-12-31(38-16-15-37(44)39(48-38)11-9-7-8-10-18-46-47-28-52)23-34(40)36(25-43(3,4)27-55-29-53)42(51)35-24-33(26-45-41(35)30(2)54-5)50-21-19-49(20-22-50)32-13-14-32;1-2/h12,15-17,23-24,26,28-30,32,46H,6-11,13-14,18-22,25,27H2,1-5H3,(H,47,52);1-2H3. The lowest BCUT2D eigenvalue weighted by Crippen LogP contribution is -2.47. The average molecular weight is 786 g/mol. The van der Waals surface area contributed by atoms with E-state index < -0.39 is 0 Å². The van der Waals surface area contributed by atoms with E-state index in [1.54, 1.807) is 13.2 Å². The van der Waals surface area contributed by atoms with E-state index in [1.807, 2.05) is 27.0 Å². The maximum Gasteiger partial charge on any atom is 0.293 e. The van der Waals surface area contributed by atoms with E-state index in [9.17, 15) is 9.59 Å². The SMILES string of the molecule is CC.CCn1c(-c2cc(N3CCN(C4CC4)CC3)cnc2C(C)OC)c(CC(C)(C)COC=O)c2cc(-c3ccc(F)c(CCCCCCNNC=O)n3)ccc21. The third kappa shape index (κ3) is 11.0. The molecule has 12 heteroatoms. The number of aryl methyl sites for hydroxylation is 2. The summed E-state index contributed by atoms with van der Waals surface area (Å²) in [5.41, 5.74) is 13.4. The number of ether oxygens (including phenoxy) is 2. The van der Waals surface area contributed by atoms with Gasteiger partial charge in [-0.05, 0) is 88.3 Å². The van der Waals surface area contributed by atoms with Crippen LogP contribution in [0.1, 0.15) is 103 Å². The van der Waals surface area contributed by atoms with Crippen molar-refractivity contribution in [2.45, 2.75) is 112 Å². The summed E-state index contributed by atoms with van der Waals surface area (Å²) in [6, 6.07) is 12.8. The molecule has 11 nitrogen and oxygen atoms in total. The van der Waals surface area contributed by atoms with Crippen molar-refractivity contribution in [2.24, 2.45) is 5.41 Å². The Hall–Kier alpha value is -4.39. The van der Waals surface area contributed by atoms with E-state index in [1.165, 1.54) is 18.9 Å². The van der Waals surface area contributed by atoms with Crippen molar-refractivity contribution in [1.82, 2.24) is 30.3 Å². The van der Waals surface area contributed by atoms with Crippen molar-refractivity contribution < 1.29 is 23.5 Å². The lowest BCUT2D eigenvalue weighted by molar-refractivity contribution is -0.131. The maximum absolute atomic E-state index is 15.1. The molecule has 0 spiro atoms. The number of piperazine rings is 1. The number of methoxy groups -OCH3 is 1. The molecule has 0 bridgehead atoms. The van der Waals surface area contributed by atoms with Gasteiger partial charge >= 0.3 is 0 Å². The van der Waals surface area contributed by atoms with Crippen molar-refractivity contribution in [3.05, 3.63) is 65.4 Å². The summed E-state index contributed by atoms with van der Waals surface area (Å²) < 4.78 is 28.7. The number of pyridine rings is 2. The van der Waals surface area contributed by atoms with Crippen molar-refractivity contribution in [3.8, 4) is 22.5 Å². The van der Waals surface area contributed by atoms with Crippen LogP contribution in [-0.4, -0.2) is 84.8 Å². The normalized spacial score (nSPS) is 15.3. The predicted octanol–water partition coefficient (Wildman–Crippen LogP) is 8.04. The molecule has 1 atom stereocenters. The zero-order chi connectivity index (χ0) is 41.0. The quantitative estimate of drug-likeness (QED) is 0.0493. The van der Waals surface area contributed by atoms with Crippen LogP contribution in [0.2, 0.25) is 0 Å². The number of fused-ring (bicyclic) bond motifs is 1. The third-order valence-electron chi connectivity index (χ3n) is 11.2. The molecule has 1 aromatic carbocycles. The molecule has 1 saturated heterocycles. The molecule has 2 fully saturated rings. The van der Waals surface area contributed by atoms with E-state index in [0.717, 1.165) is 115 Å². The molecule has 1 amide bonds. The molecule has 1 aliphatic heterocycles. The molecule has 310 valence electrons. The topological polar surface area (TPSA) is 114 Å². The van der Waals surface area contributed by atoms with Gasteiger partial charge in [0.15, 0.2) is 0 Å². The number of anilines is 1. The molecule has 0 radical (unpaired) electrons. The molecule has 57 heavy (non-hydrogen) atoms. The minimum atomic E-state index is -0.377. The molecule has 1 saturated carbocycles. The molecule has 2 N–H and O–H groups in total. The number of hydrogen-bond acceptors (Lipinski definition) is 9. The molecule has 4 heterocycles. The fourth-order valence-corrected chi connectivity index (χ4v) is 8.03. The average Bonchev–Trinajstić information content (AvgIpc) is 4.05. The summed E-state index contributed by atoms with van der Waals surface area (Å²) in [7, 11) is 1.72. The largest absolute Gasteiger partial charge is 0.467 e. The highest BCUT2D eigenvalue weighted by Gasteiger charge is 2.33. The lowest BCUT2D eigenvalue weighted by atomic mass is 9.84. The second kappa shape index (κ2) is 20.9. The van der Waals surface area contributed by atoms with Crippen molar-refractivity contribution in [2.75, 3.05) is 51.3 Å². The van der Waals surface area contributed by atoms with Gasteiger partial charge in [-0.15, -0.1) is 0 Å². The van der Waals surface area contributed by atoms with Crippen LogP contribution in [0.4, 0.5) is 10.1 Å². The second-order valence-electron chi connectivity index (χ2n) is 15.8. The molecule has 3 aromatic heterocycles. The Morgan fingerprint density at radius 3 is 2.46 bits per heavy atom. The van der Waals surface area contributed by atoms with Gasteiger partial charge in [-0.3, -0.25) is 24.9 Å². The van der Waals surface area contributed by atoms with Gasteiger partial charge in [0.25, 0.3) is 6.47 Å². The van der Waals surface area contributed by atoms with E-state index >= 15 is 4.39 Å². The highest BCUT2D eigenvalue weighted by atomic mass is 19.1. The van der Waals surface area contributed by atoms with E-state index in [-0.39, 0.29) is 23.9 Å². The molecule has 2 aliphatic rings. The summed E-state index contributed by atoms with van der Waals surface area (Å²) in [6.07, 6.45) is 9.85. The molecular formula is C45H64FN7O4. The summed E-state index contributed by atoms with van der Waals surface area (Å²) in [5.74, 6) is -0.292. The Morgan fingerprint density at radius 1 is 1.02 bits per heavy atom.